The summed E-state index contributed by atoms with van der Waals surface area (Å²) in [7, 11) is 0.601. The van der Waals surface area contributed by atoms with Gasteiger partial charge in [-0.3, -0.25) is 4.90 Å². The Morgan fingerprint density at radius 3 is 2.12 bits per heavy atom. The maximum Gasteiger partial charge on any atom is 0.258 e. The first-order chi connectivity index (χ1) is 3.63. The van der Waals surface area contributed by atoms with E-state index in [1.54, 1.807) is 14.1 Å². The van der Waals surface area contributed by atoms with E-state index in [1.165, 1.54) is 4.90 Å². The Balaban J connectivity index is 3.18. The molecule has 5 heteroatoms. The molecule has 0 N–H and O–H groups in total. The van der Waals surface area contributed by atoms with Crippen LogP contribution in [0.4, 0.5) is 0 Å². The molecule has 0 fully saturated rings. The van der Waals surface area contributed by atoms with E-state index in [0.717, 1.165) is 6.73 Å². The van der Waals surface area contributed by atoms with Gasteiger partial charge in [-0.25, -0.2) is 12.6 Å². The molecule has 0 aromatic carbocycles. The minimum absolute atomic E-state index is 1.10. The lowest BCUT2D eigenvalue weighted by Crippen LogP contribution is -2.08. The molecule has 0 spiro atoms. The Kier molecular flexibility index (Phi) is 3.76. The molecule has 0 bridgehead atoms. The maximum atomic E-state index is 9.66. The van der Waals surface area contributed by atoms with E-state index in [0.29, 0.717) is 0 Å². The van der Waals surface area contributed by atoms with Gasteiger partial charge in [-0.1, -0.05) is 0 Å². The molecule has 0 atom stereocenters. The van der Waals surface area contributed by atoms with Crippen LogP contribution >= 0.6 is 0 Å². The third-order valence-corrected chi connectivity index (χ3v) is 0.610. The van der Waals surface area contributed by atoms with Crippen molar-refractivity contribution in [3.05, 3.63) is 6.73 Å². The van der Waals surface area contributed by atoms with Gasteiger partial charge in [-0.2, -0.15) is 0 Å². The van der Waals surface area contributed by atoms with E-state index in [9.17, 15) is 8.42 Å². The minimum Gasteiger partial charge on any atom is -0.280 e. The van der Waals surface area contributed by atoms with Crippen LogP contribution < -0.4 is 0 Å². The molecule has 4 nitrogen and oxygen atoms in total. The Bertz CT molecular complexity index is 112. The average molecular weight is 138 g/mol. The maximum absolute atomic E-state index is 9.66. The lowest BCUT2D eigenvalue weighted by molar-refractivity contribution is 0.279. The summed E-state index contributed by atoms with van der Waals surface area (Å²) in [6.45, 7) is 1.10. The largest absolute Gasteiger partial charge is 0.280 e. The standard InChI is InChI=1S/C3H8NO3S/c1-4(2)3-7-8(5)6/h3,8H,1-2H3. The zero-order valence-corrected chi connectivity index (χ0v) is 5.59. The predicted molar refractivity (Wildman–Crippen MR) is 29.4 cm³/mol. The highest BCUT2D eigenvalue weighted by Crippen LogP contribution is 1.82. The highest BCUT2D eigenvalue weighted by Gasteiger charge is 1.88. The van der Waals surface area contributed by atoms with E-state index in [-0.39, 0.29) is 0 Å². The molecule has 8 heavy (non-hydrogen) atoms. The monoisotopic (exact) mass is 138 g/mol. The molecule has 0 unspecified atom stereocenters. The van der Waals surface area contributed by atoms with Gasteiger partial charge < -0.3 is 0 Å². The van der Waals surface area contributed by atoms with Gasteiger partial charge in [0.15, 0.2) is 6.73 Å². The molecule has 0 aromatic rings. The quantitative estimate of drug-likeness (QED) is 0.519. The molecule has 1 radical (unpaired) electrons. The van der Waals surface area contributed by atoms with Gasteiger partial charge in [-0.15, -0.1) is 0 Å². The molecule has 0 aromatic heterocycles. The minimum atomic E-state index is -2.73. The van der Waals surface area contributed by atoms with Crippen molar-refractivity contribution in [3.63, 3.8) is 0 Å². The number of thiol groups is 1. The first-order valence-corrected chi connectivity index (χ1v) is 3.03. The fourth-order valence-electron chi connectivity index (χ4n) is 0.133. The number of hydrogen-bond donors (Lipinski definition) is 1. The van der Waals surface area contributed by atoms with Gasteiger partial charge in [0.25, 0.3) is 11.0 Å². The fourth-order valence-corrected chi connectivity index (χ4v) is 0.398. The van der Waals surface area contributed by atoms with Crippen LogP contribution in [0.25, 0.3) is 0 Å². The van der Waals surface area contributed by atoms with Crippen molar-refractivity contribution in [3.8, 4) is 0 Å². The van der Waals surface area contributed by atoms with E-state index in [1.807, 2.05) is 0 Å². The molecule has 0 saturated carbocycles. The fraction of sp³-hybridized carbons (Fsp3) is 0.667. The van der Waals surface area contributed by atoms with E-state index in [2.05, 4.69) is 4.18 Å². The molecule has 0 aliphatic carbocycles. The second kappa shape index (κ2) is 3.82. The Morgan fingerprint density at radius 1 is 1.50 bits per heavy atom. The summed E-state index contributed by atoms with van der Waals surface area (Å²) in [5.74, 6) is 0. The number of rotatable bonds is 3. The smallest absolute Gasteiger partial charge is 0.258 e. The van der Waals surface area contributed by atoms with Crippen molar-refractivity contribution >= 4 is 11.0 Å². The van der Waals surface area contributed by atoms with E-state index < -0.39 is 11.0 Å². The van der Waals surface area contributed by atoms with Crippen molar-refractivity contribution in [2.75, 3.05) is 14.1 Å². The van der Waals surface area contributed by atoms with Crippen LogP contribution in [0.1, 0.15) is 0 Å². The lowest BCUT2D eigenvalue weighted by atomic mass is 11.0. The van der Waals surface area contributed by atoms with E-state index in [4.69, 9.17) is 0 Å². The Morgan fingerprint density at radius 2 is 2.00 bits per heavy atom. The van der Waals surface area contributed by atoms with Crippen molar-refractivity contribution in [2.45, 2.75) is 0 Å². The highest BCUT2D eigenvalue weighted by molar-refractivity contribution is 7.67. The SMILES string of the molecule is CN(C)[CH]O[SH](=O)=O. The van der Waals surface area contributed by atoms with Crippen LogP contribution in [-0.2, 0) is 15.2 Å². The zero-order valence-electron chi connectivity index (χ0n) is 4.70. The van der Waals surface area contributed by atoms with Crippen molar-refractivity contribution in [1.29, 1.82) is 0 Å². The topological polar surface area (TPSA) is 46.6 Å². The number of hydrogen-bond acceptors (Lipinski definition) is 4. The van der Waals surface area contributed by atoms with Crippen molar-refractivity contribution in [2.24, 2.45) is 0 Å². The summed E-state index contributed by atoms with van der Waals surface area (Å²) in [4.78, 5) is 1.49. The molecule has 0 heterocycles. The van der Waals surface area contributed by atoms with Crippen LogP contribution in [0.3, 0.4) is 0 Å². The van der Waals surface area contributed by atoms with Crippen LogP contribution in [0.15, 0.2) is 0 Å². The number of nitrogens with zero attached hydrogens (tertiary/aromatic N) is 1. The Hall–Kier alpha value is -0.130. The van der Waals surface area contributed by atoms with Crippen LogP contribution in [0.5, 0.6) is 0 Å². The van der Waals surface area contributed by atoms with Crippen molar-refractivity contribution < 1.29 is 12.6 Å². The van der Waals surface area contributed by atoms with Gasteiger partial charge in [0.2, 0.25) is 0 Å². The van der Waals surface area contributed by atoms with E-state index >= 15 is 0 Å². The summed E-state index contributed by atoms with van der Waals surface area (Å²) >= 11 is 0. The molecule has 49 valence electrons. The lowest BCUT2D eigenvalue weighted by Gasteiger charge is -2.02. The molecule has 0 saturated heterocycles. The second-order valence-electron chi connectivity index (χ2n) is 1.40. The summed E-state index contributed by atoms with van der Waals surface area (Å²) < 4.78 is 23.4. The highest BCUT2D eigenvalue weighted by atomic mass is 32.2. The molecular weight excluding hydrogens is 130 g/mol. The summed E-state index contributed by atoms with van der Waals surface area (Å²) in [6.07, 6.45) is 0. The van der Waals surface area contributed by atoms with Gasteiger partial charge in [-0.05, 0) is 14.1 Å². The van der Waals surface area contributed by atoms with Gasteiger partial charge in [0.05, 0.1) is 0 Å². The van der Waals surface area contributed by atoms with Gasteiger partial charge in [0, 0.05) is 0 Å². The van der Waals surface area contributed by atoms with Crippen LogP contribution in [-0.4, -0.2) is 27.4 Å². The third kappa shape index (κ3) is 5.87. The average Bonchev–Trinajstić information content (AvgIpc) is 1.61. The zero-order chi connectivity index (χ0) is 6.57. The molecule has 0 aliphatic rings. The van der Waals surface area contributed by atoms with Gasteiger partial charge >= 0.3 is 0 Å². The van der Waals surface area contributed by atoms with Gasteiger partial charge in [0.1, 0.15) is 0 Å². The predicted octanol–water partition coefficient (Wildman–Crippen LogP) is -0.790. The summed E-state index contributed by atoms with van der Waals surface area (Å²) in [6, 6.07) is 0. The molecular formula is C3H8NO3S. The van der Waals surface area contributed by atoms with Crippen LogP contribution in [0, 0.1) is 6.73 Å². The Labute approximate surface area is 50.2 Å². The molecule has 0 amide bonds. The summed E-state index contributed by atoms with van der Waals surface area (Å²) in [5.41, 5.74) is 0. The first-order valence-electron chi connectivity index (χ1n) is 1.94. The van der Waals surface area contributed by atoms with Crippen LogP contribution in [0.2, 0.25) is 0 Å². The first kappa shape index (κ1) is 7.87. The normalized spacial score (nSPS) is 11.0. The second-order valence-corrected chi connectivity index (χ2v) is 2.06. The molecule has 0 rings (SSSR count). The van der Waals surface area contributed by atoms with Crippen molar-refractivity contribution in [1.82, 2.24) is 4.90 Å². The third-order valence-electron chi connectivity index (χ3n) is 0.344. The molecule has 0 aliphatic heterocycles. The summed E-state index contributed by atoms with van der Waals surface area (Å²) in [5, 5.41) is 0.